The highest BCUT2D eigenvalue weighted by Crippen LogP contribution is 2.23. The second-order valence-corrected chi connectivity index (χ2v) is 7.42. The normalized spacial score (nSPS) is 15.3. The second kappa shape index (κ2) is 9.86. The maximum atomic E-state index is 13.8. The van der Waals surface area contributed by atoms with Gasteiger partial charge in [0.1, 0.15) is 22.9 Å². The molecule has 0 aromatic heterocycles. The smallest absolute Gasteiger partial charge is 0.258 e. The van der Waals surface area contributed by atoms with Gasteiger partial charge in [-0.05, 0) is 44.1 Å². The summed E-state index contributed by atoms with van der Waals surface area (Å²) in [6.45, 7) is 0.638. The summed E-state index contributed by atoms with van der Waals surface area (Å²) in [7, 11) is 0. The Hall–Kier alpha value is -2.71. The van der Waals surface area contributed by atoms with Crippen LogP contribution in [-0.2, 0) is 16.1 Å². The van der Waals surface area contributed by atoms with E-state index in [1.807, 2.05) is 0 Å². The largest absolute Gasteiger partial charge is 0.482 e. The molecular formula is C21H22ClF2N3O3. The first-order chi connectivity index (χ1) is 14.4. The molecule has 0 radical (unpaired) electrons. The molecule has 0 saturated carbocycles. The van der Waals surface area contributed by atoms with Crippen molar-refractivity contribution in [2.24, 2.45) is 0 Å². The number of rotatable bonds is 7. The van der Waals surface area contributed by atoms with Gasteiger partial charge in [-0.25, -0.2) is 8.78 Å². The van der Waals surface area contributed by atoms with Crippen molar-refractivity contribution in [2.75, 3.05) is 19.7 Å². The third-order valence-electron chi connectivity index (χ3n) is 4.92. The number of amides is 2. The first kappa shape index (κ1) is 22.0. The molecule has 2 aromatic rings. The quantitative estimate of drug-likeness (QED) is 0.622. The zero-order valence-electron chi connectivity index (χ0n) is 16.1. The van der Waals surface area contributed by atoms with Gasteiger partial charge in [0, 0.05) is 18.2 Å². The highest BCUT2D eigenvalue weighted by Gasteiger charge is 2.40. The Bertz CT molecular complexity index is 920. The average molecular weight is 438 g/mol. The van der Waals surface area contributed by atoms with Crippen molar-refractivity contribution in [1.82, 2.24) is 16.0 Å². The SMILES string of the molecule is O=C(COc1ccccc1Cl)NC1(C(=O)NCc2ccc(F)cc2F)CCNCC1. The molecule has 0 aliphatic carbocycles. The van der Waals surface area contributed by atoms with Crippen molar-refractivity contribution < 1.29 is 23.1 Å². The van der Waals surface area contributed by atoms with E-state index < -0.39 is 29.0 Å². The summed E-state index contributed by atoms with van der Waals surface area (Å²) in [6.07, 6.45) is 0.727. The van der Waals surface area contributed by atoms with Gasteiger partial charge in [0.2, 0.25) is 5.91 Å². The molecule has 1 aliphatic heterocycles. The number of ether oxygens (including phenoxy) is 1. The molecule has 2 amide bonds. The van der Waals surface area contributed by atoms with Gasteiger partial charge >= 0.3 is 0 Å². The van der Waals surface area contributed by atoms with E-state index in [1.54, 1.807) is 24.3 Å². The van der Waals surface area contributed by atoms with E-state index in [0.717, 1.165) is 12.1 Å². The van der Waals surface area contributed by atoms with Crippen LogP contribution >= 0.6 is 11.6 Å². The van der Waals surface area contributed by atoms with E-state index in [0.29, 0.717) is 36.7 Å². The molecule has 0 bridgehead atoms. The van der Waals surface area contributed by atoms with Crippen molar-refractivity contribution in [3.8, 4) is 5.75 Å². The van der Waals surface area contributed by atoms with Crippen LogP contribution in [0, 0.1) is 11.6 Å². The highest BCUT2D eigenvalue weighted by atomic mass is 35.5. The Morgan fingerprint density at radius 3 is 2.57 bits per heavy atom. The molecule has 6 nitrogen and oxygen atoms in total. The van der Waals surface area contributed by atoms with Crippen LogP contribution in [-0.4, -0.2) is 37.0 Å². The zero-order chi connectivity index (χ0) is 21.6. The summed E-state index contributed by atoms with van der Waals surface area (Å²) in [4.78, 5) is 25.4. The highest BCUT2D eigenvalue weighted by molar-refractivity contribution is 6.32. The second-order valence-electron chi connectivity index (χ2n) is 7.02. The zero-order valence-corrected chi connectivity index (χ0v) is 16.9. The van der Waals surface area contributed by atoms with Gasteiger partial charge in [-0.3, -0.25) is 9.59 Å². The Labute approximate surface area is 177 Å². The first-order valence-electron chi connectivity index (χ1n) is 9.51. The fraction of sp³-hybridized carbons (Fsp3) is 0.333. The lowest BCUT2D eigenvalue weighted by Crippen LogP contribution is -2.63. The van der Waals surface area contributed by atoms with Crippen molar-refractivity contribution in [3.63, 3.8) is 0 Å². The van der Waals surface area contributed by atoms with Crippen molar-refractivity contribution in [2.45, 2.75) is 24.9 Å². The number of benzene rings is 2. The number of carbonyl (C=O) groups is 2. The molecule has 3 rings (SSSR count). The number of carbonyl (C=O) groups excluding carboxylic acids is 2. The summed E-state index contributed by atoms with van der Waals surface area (Å²) in [6, 6.07) is 9.92. The van der Waals surface area contributed by atoms with Gasteiger partial charge in [-0.2, -0.15) is 0 Å². The Morgan fingerprint density at radius 1 is 1.13 bits per heavy atom. The van der Waals surface area contributed by atoms with E-state index >= 15 is 0 Å². The van der Waals surface area contributed by atoms with Gasteiger partial charge in [0.05, 0.1) is 5.02 Å². The molecule has 0 unspecified atom stereocenters. The minimum absolute atomic E-state index is 0.119. The van der Waals surface area contributed by atoms with Crippen LogP contribution in [0.3, 0.4) is 0 Å². The molecule has 1 saturated heterocycles. The fourth-order valence-electron chi connectivity index (χ4n) is 3.28. The van der Waals surface area contributed by atoms with Gasteiger partial charge in [-0.1, -0.05) is 29.8 Å². The Balaban J connectivity index is 1.63. The summed E-state index contributed by atoms with van der Waals surface area (Å²) >= 11 is 6.02. The monoisotopic (exact) mass is 437 g/mol. The number of nitrogens with one attached hydrogen (secondary N) is 3. The molecule has 1 fully saturated rings. The van der Waals surface area contributed by atoms with Gasteiger partial charge in [0.25, 0.3) is 5.91 Å². The lowest BCUT2D eigenvalue weighted by atomic mass is 9.87. The lowest BCUT2D eigenvalue weighted by molar-refractivity contribution is -0.135. The van der Waals surface area contributed by atoms with Crippen molar-refractivity contribution in [3.05, 3.63) is 64.7 Å². The van der Waals surface area contributed by atoms with Crippen LogP contribution in [0.15, 0.2) is 42.5 Å². The minimum atomic E-state index is -1.15. The number of hydrogen-bond donors (Lipinski definition) is 3. The summed E-state index contributed by atoms with van der Waals surface area (Å²) in [5.41, 5.74) is -0.995. The molecule has 30 heavy (non-hydrogen) atoms. The topological polar surface area (TPSA) is 79.5 Å². The van der Waals surface area contributed by atoms with Crippen LogP contribution in [0.5, 0.6) is 5.75 Å². The van der Waals surface area contributed by atoms with E-state index in [4.69, 9.17) is 16.3 Å². The molecule has 0 spiro atoms. The molecule has 0 atom stereocenters. The average Bonchev–Trinajstić information content (AvgIpc) is 2.73. The van der Waals surface area contributed by atoms with Gasteiger partial charge in [-0.15, -0.1) is 0 Å². The molecule has 1 aliphatic rings. The van der Waals surface area contributed by atoms with E-state index in [1.165, 1.54) is 6.07 Å². The maximum absolute atomic E-state index is 13.8. The van der Waals surface area contributed by atoms with Gasteiger partial charge in [0.15, 0.2) is 6.61 Å². The predicted octanol–water partition coefficient (Wildman–Crippen LogP) is 2.55. The molecule has 9 heteroatoms. The predicted molar refractivity (Wildman–Crippen MR) is 108 cm³/mol. The lowest BCUT2D eigenvalue weighted by Gasteiger charge is -2.37. The van der Waals surface area contributed by atoms with Crippen LogP contribution in [0.25, 0.3) is 0 Å². The summed E-state index contributed by atoms with van der Waals surface area (Å²) in [5.74, 6) is -1.97. The fourth-order valence-corrected chi connectivity index (χ4v) is 3.47. The van der Waals surface area contributed by atoms with Crippen LogP contribution < -0.4 is 20.7 Å². The van der Waals surface area contributed by atoms with E-state index in [9.17, 15) is 18.4 Å². The van der Waals surface area contributed by atoms with Crippen LogP contribution in [0.2, 0.25) is 5.02 Å². The third-order valence-corrected chi connectivity index (χ3v) is 5.23. The first-order valence-corrected chi connectivity index (χ1v) is 9.89. The molecular weight excluding hydrogens is 416 g/mol. The summed E-state index contributed by atoms with van der Waals surface area (Å²) in [5, 5.41) is 8.94. The van der Waals surface area contributed by atoms with Crippen molar-refractivity contribution in [1.29, 1.82) is 0 Å². The summed E-state index contributed by atoms with van der Waals surface area (Å²) < 4.78 is 32.3. The number of hydrogen-bond acceptors (Lipinski definition) is 4. The number of para-hydroxylation sites is 1. The molecule has 1 heterocycles. The van der Waals surface area contributed by atoms with Crippen LogP contribution in [0.1, 0.15) is 18.4 Å². The molecule has 2 aromatic carbocycles. The van der Waals surface area contributed by atoms with Crippen LogP contribution in [0.4, 0.5) is 8.78 Å². The maximum Gasteiger partial charge on any atom is 0.258 e. The van der Waals surface area contributed by atoms with E-state index in [-0.39, 0.29) is 18.7 Å². The van der Waals surface area contributed by atoms with Crippen molar-refractivity contribution >= 4 is 23.4 Å². The number of halogens is 3. The standard InChI is InChI=1S/C21H22ClF2N3O3/c22-16-3-1-2-4-18(16)30-13-19(28)27-21(7-9-25-10-8-21)20(29)26-12-14-5-6-15(23)11-17(14)24/h1-6,11,25H,7-10,12-13H2,(H,26,29)(H,27,28). The third kappa shape index (κ3) is 5.46. The van der Waals surface area contributed by atoms with Gasteiger partial charge < -0.3 is 20.7 Å². The molecule has 3 N–H and O–H groups in total. The molecule has 160 valence electrons. The minimum Gasteiger partial charge on any atom is -0.482 e. The number of piperidine rings is 1. The van der Waals surface area contributed by atoms with E-state index in [2.05, 4.69) is 16.0 Å². The Morgan fingerprint density at radius 2 is 1.87 bits per heavy atom. The Kier molecular flexibility index (Phi) is 7.23.